The molecule has 0 bridgehead atoms. The predicted molar refractivity (Wildman–Crippen MR) is 78.3 cm³/mol. The maximum Gasteiger partial charge on any atom is 0.161 e. The Morgan fingerprint density at radius 2 is 2.24 bits per heavy atom. The van der Waals surface area contributed by atoms with Crippen LogP contribution in [0.1, 0.15) is 13.8 Å². The highest BCUT2D eigenvalue weighted by molar-refractivity contribution is 9.10. The summed E-state index contributed by atoms with van der Waals surface area (Å²) in [6, 6.07) is 5.84. The number of nitrogens with one attached hydrogen (secondary N) is 1. The minimum atomic E-state index is 0.0261. The Balaban J connectivity index is 2.19. The van der Waals surface area contributed by atoms with Crippen molar-refractivity contribution >= 4 is 38.5 Å². The predicted octanol–water partition coefficient (Wildman–Crippen LogP) is 3.75. The van der Waals surface area contributed by atoms with Gasteiger partial charge in [0.05, 0.1) is 18.3 Å². The van der Waals surface area contributed by atoms with Gasteiger partial charge < -0.3 is 10.1 Å². The van der Waals surface area contributed by atoms with Crippen molar-refractivity contribution in [3.63, 3.8) is 0 Å². The van der Waals surface area contributed by atoms with E-state index >= 15 is 0 Å². The third-order valence-electron chi connectivity index (χ3n) is 2.38. The van der Waals surface area contributed by atoms with E-state index in [-0.39, 0.29) is 5.54 Å². The van der Waals surface area contributed by atoms with E-state index < -0.39 is 0 Å². The van der Waals surface area contributed by atoms with Crippen molar-refractivity contribution in [2.24, 2.45) is 4.99 Å². The van der Waals surface area contributed by atoms with Gasteiger partial charge in [0.15, 0.2) is 5.17 Å². The van der Waals surface area contributed by atoms with Gasteiger partial charge in [-0.15, -0.1) is 0 Å². The summed E-state index contributed by atoms with van der Waals surface area (Å²) in [5.74, 6) is 1.84. The topological polar surface area (TPSA) is 33.6 Å². The lowest BCUT2D eigenvalue weighted by Gasteiger charge is -2.10. The van der Waals surface area contributed by atoms with E-state index in [2.05, 4.69) is 40.1 Å². The van der Waals surface area contributed by atoms with Crippen LogP contribution < -0.4 is 10.1 Å². The molecule has 1 aromatic rings. The summed E-state index contributed by atoms with van der Waals surface area (Å²) in [6.07, 6.45) is 0. The Hall–Kier alpha value is -0.680. The Morgan fingerprint density at radius 1 is 1.47 bits per heavy atom. The van der Waals surface area contributed by atoms with Gasteiger partial charge in [-0.1, -0.05) is 11.8 Å². The summed E-state index contributed by atoms with van der Waals surface area (Å²) in [5, 5.41) is 4.29. The molecular formula is C12H15BrN2OS. The first kappa shape index (κ1) is 12.8. The van der Waals surface area contributed by atoms with E-state index in [1.165, 1.54) is 0 Å². The fraction of sp³-hybridized carbons (Fsp3) is 0.417. The first-order valence-corrected chi connectivity index (χ1v) is 7.11. The molecule has 0 aliphatic carbocycles. The first-order valence-electron chi connectivity index (χ1n) is 5.33. The van der Waals surface area contributed by atoms with Crippen molar-refractivity contribution in [3.05, 3.63) is 22.7 Å². The summed E-state index contributed by atoms with van der Waals surface area (Å²) < 4.78 is 6.21. The molecule has 0 fully saturated rings. The normalized spacial score (nSPS) is 17.8. The Labute approximate surface area is 114 Å². The average Bonchev–Trinajstić information content (AvgIpc) is 2.61. The lowest BCUT2D eigenvalue weighted by Crippen LogP contribution is -2.15. The molecule has 0 atom stereocenters. The highest BCUT2D eigenvalue weighted by Crippen LogP contribution is 2.31. The van der Waals surface area contributed by atoms with Crippen LogP contribution in [0.25, 0.3) is 0 Å². The van der Waals surface area contributed by atoms with E-state index in [0.717, 1.165) is 26.8 Å². The number of thioether (sulfide) groups is 1. The molecule has 0 radical (unpaired) electrons. The van der Waals surface area contributed by atoms with Crippen molar-refractivity contribution in [2.75, 3.05) is 18.2 Å². The number of aliphatic imine (C=N–C) groups is 1. The van der Waals surface area contributed by atoms with Crippen LogP contribution in [0.5, 0.6) is 5.75 Å². The number of halogens is 1. The number of methoxy groups -OCH3 is 1. The SMILES string of the molecule is COc1ccc(Br)c(NC2=NC(C)(C)CS2)c1. The van der Waals surface area contributed by atoms with E-state index in [1.807, 2.05) is 18.2 Å². The minimum absolute atomic E-state index is 0.0261. The summed E-state index contributed by atoms with van der Waals surface area (Å²) in [6.45, 7) is 4.27. The number of anilines is 1. The van der Waals surface area contributed by atoms with Crippen molar-refractivity contribution < 1.29 is 4.74 Å². The van der Waals surface area contributed by atoms with Gasteiger partial charge in [0.25, 0.3) is 0 Å². The molecule has 1 heterocycles. The number of amidine groups is 1. The third kappa shape index (κ3) is 3.16. The van der Waals surface area contributed by atoms with Crippen LogP contribution in [0.2, 0.25) is 0 Å². The maximum atomic E-state index is 5.21. The number of rotatable bonds is 2. The lowest BCUT2D eigenvalue weighted by atomic mass is 10.1. The van der Waals surface area contributed by atoms with Crippen LogP contribution in [0, 0.1) is 0 Å². The van der Waals surface area contributed by atoms with Crippen molar-refractivity contribution in [1.29, 1.82) is 0 Å². The Morgan fingerprint density at radius 3 is 2.82 bits per heavy atom. The highest BCUT2D eigenvalue weighted by atomic mass is 79.9. The molecule has 1 N–H and O–H groups in total. The van der Waals surface area contributed by atoms with Crippen molar-refractivity contribution in [2.45, 2.75) is 19.4 Å². The standard InChI is InChI=1S/C12H15BrN2OS/c1-12(2)7-17-11(15-12)14-10-6-8(16-3)4-5-9(10)13/h4-6H,7H2,1-3H3,(H,14,15). The van der Waals surface area contributed by atoms with E-state index in [9.17, 15) is 0 Å². The number of nitrogens with zero attached hydrogens (tertiary/aromatic N) is 1. The Kier molecular flexibility index (Phi) is 3.68. The van der Waals surface area contributed by atoms with Crippen molar-refractivity contribution in [3.8, 4) is 5.75 Å². The highest BCUT2D eigenvalue weighted by Gasteiger charge is 2.25. The van der Waals surface area contributed by atoms with E-state index in [1.54, 1.807) is 18.9 Å². The van der Waals surface area contributed by atoms with E-state index in [0.29, 0.717) is 0 Å². The second kappa shape index (κ2) is 4.90. The first-order chi connectivity index (χ1) is 8.00. The summed E-state index contributed by atoms with van der Waals surface area (Å²) >= 11 is 5.26. The quantitative estimate of drug-likeness (QED) is 0.902. The zero-order valence-electron chi connectivity index (χ0n) is 10.1. The molecule has 0 amide bonds. The van der Waals surface area contributed by atoms with Crippen LogP contribution in [0.15, 0.2) is 27.7 Å². The molecule has 1 aliphatic rings. The molecule has 1 aromatic carbocycles. The molecule has 0 saturated carbocycles. The molecule has 17 heavy (non-hydrogen) atoms. The van der Waals surface area contributed by atoms with Gasteiger partial charge in [0.1, 0.15) is 5.75 Å². The van der Waals surface area contributed by atoms with Gasteiger partial charge in [0.2, 0.25) is 0 Å². The fourth-order valence-corrected chi connectivity index (χ4v) is 2.88. The van der Waals surface area contributed by atoms with Crippen LogP contribution >= 0.6 is 27.7 Å². The Bertz CT molecular complexity index is 460. The summed E-state index contributed by atoms with van der Waals surface area (Å²) in [5.41, 5.74) is 1.01. The zero-order valence-corrected chi connectivity index (χ0v) is 12.5. The summed E-state index contributed by atoms with van der Waals surface area (Å²) in [4.78, 5) is 4.62. The van der Waals surface area contributed by atoms with Crippen LogP contribution in [-0.4, -0.2) is 23.6 Å². The minimum Gasteiger partial charge on any atom is -0.497 e. The second-order valence-electron chi connectivity index (χ2n) is 4.49. The zero-order chi connectivity index (χ0) is 12.5. The monoisotopic (exact) mass is 314 g/mol. The van der Waals surface area contributed by atoms with Gasteiger partial charge in [-0.2, -0.15) is 0 Å². The molecule has 92 valence electrons. The molecule has 0 spiro atoms. The molecule has 5 heteroatoms. The van der Waals surface area contributed by atoms with Crippen LogP contribution in [0.3, 0.4) is 0 Å². The third-order valence-corrected chi connectivity index (χ3v) is 4.39. The molecule has 2 rings (SSSR count). The van der Waals surface area contributed by atoms with Crippen molar-refractivity contribution in [1.82, 2.24) is 0 Å². The van der Waals surface area contributed by atoms with Gasteiger partial charge in [-0.25, -0.2) is 0 Å². The lowest BCUT2D eigenvalue weighted by molar-refractivity contribution is 0.415. The number of hydrogen-bond acceptors (Lipinski definition) is 4. The number of ether oxygens (including phenoxy) is 1. The molecule has 0 aromatic heterocycles. The summed E-state index contributed by atoms with van der Waals surface area (Å²) in [7, 11) is 1.66. The van der Waals surface area contributed by atoms with Gasteiger partial charge >= 0.3 is 0 Å². The van der Waals surface area contributed by atoms with Gasteiger partial charge in [-0.3, -0.25) is 4.99 Å². The smallest absolute Gasteiger partial charge is 0.161 e. The maximum absolute atomic E-state index is 5.21. The van der Waals surface area contributed by atoms with Gasteiger partial charge in [-0.05, 0) is 41.9 Å². The molecule has 0 unspecified atom stereocenters. The molecular weight excluding hydrogens is 300 g/mol. The molecule has 3 nitrogen and oxygen atoms in total. The van der Waals surface area contributed by atoms with E-state index in [4.69, 9.17) is 4.74 Å². The number of benzene rings is 1. The van der Waals surface area contributed by atoms with Crippen LogP contribution in [-0.2, 0) is 0 Å². The molecule has 0 saturated heterocycles. The number of hydrogen-bond donors (Lipinski definition) is 1. The second-order valence-corrected chi connectivity index (χ2v) is 6.31. The average molecular weight is 315 g/mol. The van der Waals surface area contributed by atoms with Gasteiger partial charge in [0, 0.05) is 16.3 Å². The largest absolute Gasteiger partial charge is 0.497 e. The van der Waals surface area contributed by atoms with Crippen LogP contribution in [0.4, 0.5) is 5.69 Å². The molecule has 1 aliphatic heterocycles. The fourth-order valence-electron chi connectivity index (χ4n) is 1.49.